The number of benzene rings is 1. The van der Waals surface area contributed by atoms with Gasteiger partial charge in [-0.1, -0.05) is 12.1 Å². The van der Waals surface area contributed by atoms with Crippen molar-refractivity contribution in [2.24, 2.45) is 5.92 Å². The van der Waals surface area contributed by atoms with Gasteiger partial charge in [-0.25, -0.2) is 0 Å². The largest absolute Gasteiger partial charge is 0.325 e. The Morgan fingerprint density at radius 3 is 2.64 bits per heavy atom. The molecule has 1 saturated heterocycles. The molecule has 0 saturated carbocycles. The van der Waals surface area contributed by atoms with Crippen molar-refractivity contribution in [3.05, 3.63) is 29.8 Å². The van der Waals surface area contributed by atoms with Crippen molar-refractivity contribution in [1.82, 2.24) is 10.2 Å². The lowest BCUT2D eigenvalue weighted by atomic mass is 9.97. The van der Waals surface area contributed by atoms with Gasteiger partial charge in [-0.15, -0.1) is 0 Å². The standard InChI is InChI=1S/C17H25N3O2/c1-13(21)15-4-3-5-16(10-15)19-17(22)12-20-8-6-14(7-9-20)11-18-2/h3-5,10,14,18H,6-9,11-12H2,1-2H3,(H,19,22). The van der Waals surface area contributed by atoms with Gasteiger partial charge in [0.25, 0.3) is 0 Å². The van der Waals surface area contributed by atoms with Gasteiger partial charge in [0.15, 0.2) is 5.78 Å². The van der Waals surface area contributed by atoms with E-state index in [0.717, 1.165) is 38.4 Å². The summed E-state index contributed by atoms with van der Waals surface area (Å²) in [4.78, 5) is 25.7. The molecule has 22 heavy (non-hydrogen) atoms. The first kappa shape index (κ1) is 16.6. The molecule has 0 aromatic heterocycles. The van der Waals surface area contributed by atoms with Crippen molar-refractivity contribution >= 4 is 17.4 Å². The fourth-order valence-electron chi connectivity index (χ4n) is 2.86. The first-order valence-corrected chi connectivity index (χ1v) is 7.86. The first-order valence-electron chi connectivity index (χ1n) is 7.86. The van der Waals surface area contributed by atoms with Gasteiger partial charge in [0.05, 0.1) is 6.54 Å². The highest BCUT2D eigenvalue weighted by molar-refractivity contribution is 5.97. The van der Waals surface area contributed by atoms with Gasteiger partial charge in [0, 0.05) is 11.3 Å². The summed E-state index contributed by atoms with van der Waals surface area (Å²) in [6, 6.07) is 7.07. The molecule has 5 nitrogen and oxygen atoms in total. The van der Waals surface area contributed by atoms with Crippen LogP contribution < -0.4 is 10.6 Å². The van der Waals surface area contributed by atoms with Crippen LogP contribution in [0.25, 0.3) is 0 Å². The van der Waals surface area contributed by atoms with Crippen molar-refractivity contribution in [3.8, 4) is 0 Å². The topological polar surface area (TPSA) is 61.4 Å². The van der Waals surface area contributed by atoms with Crippen LogP contribution in [0.15, 0.2) is 24.3 Å². The number of rotatable bonds is 6. The number of amides is 1. The van der Waals surface area contributed by atoms with Crippen LogP contribution in [0.1, 0.15) is 30.1 Å². The third-order valence-corrected chi connectivity index (χ3v) is 4.12. The number of nitrogens with zero attached hydrogens (tertiary/aromatic N) is 1. The molecule has 1 fully saturated rings. The molecule has 1 aliphatic heterocycles. The summed E-state index contributed by atoms with van der Waals surface area (Å²) >= 11 is 0. The first-order chi connectivity index (χ1) is 10.6. The quantitative estimate of drug-likeness (QED) is 0.786. The summed E-state index contributed by atoms with van der Waals surface area (Å²) < 4.78 is 0. The van der Waals surface area contributed by atoms with E-state index in [9.17, 15) is 9.59 Å². The van der Waals surface area contributed by atoms with E-state index < -0.39 is 0 Å². The minimum absolute atomic E-state index is 0.00250. The minimum atomic E-state index is -0.0206. The molecule has 0 radical (unpaired) electrons. The number of piperidine rings is 1. The second kappa shape index (κ2) is 8.06. The molecular weight excluding hydrogens is 278 g/mol. The molecule has 0 atom stereocenters. The number of carbonyl (C=O) groups excluding carboxylic acids is 2. The normalized spacial score (nSPS) is 16.5. The van der Waals surface area contributed by atoms with Gasteiger partial charge in [0.1, 0.15) is 0 Å². The maximum absolute atomic E-state index is 12.1. The molecule has 2 N–H and O–H groups in total. The molecule has 5 heteroatoms. The molecule has 0 spiro atoms. The average molecular weight is 303 g/mol. The minimum Gasteiger partial charge on any atom is -0.325 e. The van der Waals surface area contributed by atoms with Crippen molar-refractivity contribution < 1.29 is 9.59 Å². The Kier molecular flexibility index (Phi) is 6.10. The van der Waals surface area contributed by atoms with E-state index in [1.807, 2.05) is 13.1 Å². The van der Waals surface area contributed by atoms with Crippen LogP contribution in [0.5, 0.6) is 0 Å². The van der Waals surface area contributed by atoms with Crippen LogP contribution in [0.2, 0.25) is 0 Å². The molecule has 2 rings (SSSR count). The molecule has 1 aliphatic rings. The summed E-state index contributed by atoms with van der Waals surface area (Å²) in [6.45, 7) is 4.92. The zero-order chi connectivity index (χ0) is 15.9. The van der Waals surface area contributed by atoms with Gasteiger partial charge in [-0.05, 0) is 64.5 Å². The monoisotopic (exact) mass is 303 g/mol. The van der Waals surface area contributed by atoms with E-state index in [2.05, 4.69) is 15.5 Å². The van der Waals surface area contributed by atoms with Crippen molar-refractivity contribution in [3.63, 3.8) is 0 Å². The number of nitrogens with one attached hydrogen (secondary N) is 2. The smallest absolute Gasteiger partial charge is 0.238 e. The van der Waals surface area contributed by atoms with Gasteiger partial charge >= 0.3 is 0 Å². The Bertz CT molecular complexity index is 522. The van der Waals surface area contributed by atoms with E-state index in [-0.39, 0.29) is 11.7 Å². The molecule has 0 aliphatic carbocycles. The predicted molar refractivity (Wildman–Crippen MR) is 88.2 cm³/mol. The molecule has 0 bridgehead atoms. The summed E-state index contributed by atoms with van der Waals surface area (Å²) in [7, 11) is 1.98. The van der Waals surface area contributed by atoms with Crippen LogP contribution in [0.3, 0.4) is 0 Å². The molecule has 1 heterocycles. The van der Waals surface area contributed by atoms with Crippen LogP contribution in [-0.4, -0.2) is 49.8 Å². The number of anilines is 1. The Balaban J connectivity index is 1.81. The van der Waals surface area contributed by atoms with E-state index in [0.29, 0.717) is 17.8 Å². The maximum Gasteiger partial charge on any atom is 0.238 e. The Labute approximate surface area is 132 Å². The van der Waals surface area contributed by atoms with Crippen LogP contribution in [0, 0.1) is 5.92 Å². The maximum atomic E-state index is 12.1. The lowest BCUT2D eigenvalue weighted by molar-refractivity contribution is -0.117. The van der Waals surface area contributed by atoms with Crippen molar-refractivity contribution in [2.75, 3.05) is 38.5 Å². The average Bonchev–Trinajstić information content (AvgIpc) is 2.49. The van der Waals surface area contributed by atoms with Gasteiger partial charge in [0.2, 0.25) is 5.91 Å². The van der Waals surface area contributed by atoms with Crippen molar-refractivity contribution in [1.29, 1.82) is 0 Å². The number of Topliss-reactive ketones (excluding diaryl/α,β-unsaturated/α-hetero) is 1. The number of hydrogen-bond acceptors (Lipinski definition) is 4. The van der Waals surface area contributed by atoms with Gasteiger partial charge in [-0.3, -0.25) is 14.5 Å². The second-order valence-corrected chi connectivity index (χ2v) is 5.96. The molecule has 1 aromatic carbocycles. The number of hydrogen-bond donors (Lipinski definition) is 2. The third-order valence-electron chi connectivity index (χ3n) is 4.12. The third kappa shape index (κ3) is 4.93. The fourth-order valence-corrected chi connectivity index (χ4v) is 2.86. The van der Waals surface area contributed by atoms with E-state index >= 15 is 0 Å². The highest BCUT2D eigenvalue weighted by Crippen LogP contribution is 2.16. The van der Waals surface area contributed by atoms with E-state index in [1.165, 1.54) is 6.92 Å². The van der Waals surface area contributed by atoms with Crippen LogP contribution in [-0.2, 0) is 4.79 Å². The SMILES string of the molecule is CNCC1CCN(CC(=O)Nc2cccc(C(C)=O)c2)CC1. The lowest BCUT2D eigenvalue weighted by Crippen LogP contribution is -2.40. The second-order valence-electron chi connectivity index (χ2n) is 5.96. The highest BCUT2D eigenvalue weighted by atomic mass is 16.2. The summed E-state index contributed by atoms with van der Waals surface area (Å²) in [5, 5.41) is 6.09. The molecule has 0 unspecified atom stereocenters. The Morgan fingerprint density at radius 1 is 1.27 bits per heavy atom. The fraction of sp³-hybridized carbons (Fsp3) is 0.529. The predicted octanol–water partition coefficient (Wildman–Crippen LogP) is 1.76. The van der Waals surface area contributed by atoms with Crippen LogP contribution in [0.4, 0.5) is 5.69 Å². The van der Waals surface area contributed by atoms with Gasteiger partial charge in [-0.2, -0.15) is 0 Å². The van der Waals surface area contributed by atoms with Crippen molar-refractivity contribution in [2.45, 2.75) is 19.8 Å². The lowest BCUT2D eigenvalue weighted by Gasteiger charge is -2.31. The van der Waals surface area contributed by atoms with Gasteiger partial charge < -0.3 is 10.6 Å². The Morgan fingerprint density at radius 2 is 2.00 bits per heavy atom. The zero-order valence-electron chi connectivity index (χ0n) is 13.4. The number of ketones is 1. The van der Waals surface area contributed by atoms with E-state index in [1.54, 1.807) is 18.2 Å². The molecular formula is C17H25N3O2. The molecule has 1 aromatic rings. The van der Waals surface area contributed by atoms with E-state index in [4.69, 9.17) is 0 Å². The molecule has 120 valence electrons. The summed E-state index contributed by atoms with van der Waals surface area (Å²) in [6.07, 6.45) is 2.27. The zero-order valence-corrected chi connectivity index (χ0v) is 13.4. The molecule has 1 amide bonds. The Hall–Kier alpha value is -1.72. The summed E-state index contributed by atoms with van der Waals surface area (Å²) in [5.74, 6) is 0.701. The summed E-state index contributed by atoms with van der Waals surface area (Å²) in [5.41, 5.74) is 1.30. The highest BCUT2D eigenvalue weighted by Gasteiger charge is 2.20. The van der Waals surface area contributed by atoms with Crippen LogP contribution >= 0.6 is 0 Å². The number of likely N-dealkylation sites (tertiary alicyclic amines) is 1. The number of carbonyl (C=O) groups is 2.